The van der Waals surface area contributed by atoms with E-state index in [4.69, 9.17) is 4.74 Å². The molecule has 1 amide bonds. The monoisotopic (exact) mass is 426 g/mol. The summed E-state index contributed by atoms with van der Waals surface area (Å²) in [5, 5.41) is 13.5. The Hall–Kier alpha value is -2.97. The molecule has 0 spiro atoms. The molecule has 29 heavy (non-hydrogen) atoms. The predicted octanol–water partition coefficient (Wildman–Crippen LogP) is 4.68. The fraction of sp³-hybridized carbons (Fsp3) is 0.190. The van der Waals surface area contributed by atoms with Crippen molar-refractivity contribution in [3.8, 4) is 5.75 Å². The molecule has 0 unspecified atom stereocenters. The average molecular weight is 427 g/mol. The Morgan fingerprint density at radius 1 is 1.07 bits per heavy atom. The highest BCUT2D eigenvalue weighted by molar-refractivity contribution is 7.21. The Kier molecular flexibility index (Phi) is 4.97. The standard InChI is InChI=1S/C21H18N2O4S2/c1-21(2,20(25)26)23-19(24)18-17(12-7-3-5-9-14(12)29-18)27-11-16-22-13-8-4-6-10-15(13)28-16/h3-10H,11H2,1-2H3,(H,23,24)(H,25,26). The lowest BCUT2D eigenvalue weighted by Crippen LogP contribution is -2.49. The van der Waals surface area contributed by atoms with Crippen molar-refractivity contribution < 1.29 is 19.4 Å². The molecule has 0 aliphatic rings. The van der Waals surface area contributed by atoms with Crippen molar-refractivity contribution in [1.82, 2.24) is 10.3 Å². The molecule has 4 rings (SSSR count). The number of hydrogen-bond acceptors (Lipinski definition) is 6. The number of amides is 1. The molecule has 0 saturated carbocycles. The predicted molar refractivity (Wildman–Crippen MR) is 115 cm³/mol. The Labute approximate surface area is 174 Å². The van der Waals surface area contributed by atoms with E-state index < -0.39 is 17.4 Å². The van der Waals surface area contributed by atoms with Gasteiger partial charge in [0, 0.05) is 10.1 Å². The quantitative estimate of drug-likeness (QED) is 0.467. The first kappa shape index (κ1) is 19.4. The lowest BCUT2D eigenvalue weighted by atomic mass is 10.1. The Bertz CT molecular complexity index is 1190. The third-order valence-corrected chi connectivity index (χ3v) is 6.56. The number of para-hydroxylation sites is 1. The van der Waals surface area contributed by atoms with E-state index in [1.165, 1.54) is 25.2 Å². The second kappa shape index (κ2) is 7.46. The molecule has 2 aromatic heterocycles. The third kappa shape index (κ3) is 3.81. The summed E-state index contributed by atoms with van der Waals surface area (Å²) < 4.78 is 8.02. The van der Waals surface area contributed by atoms with E-state index in [1.807, 2.05) is 48.5 Å². The second-order valence-corrected chi connectivity index (χ2v) is 9.17. The number of nitrogens with zero attached hydrogens (tertiary/aromatic N) is 1. The number of carboxylic acids is 1. The van der Waals surface area contributed by atoms with Crippen LogP contribution < -0.4 is 10.1 Å². The number of thiazole rings is 1. The number of fused-ring (bicyclic) bond motifs is 2. The zero-order valence-electron chi connectivity index (χ0n) is 15.8. The average Bonchev–Trinajstić information content (AvgIpc) is 3.26. The van der Waals surface area contributed by atoms with Crippen molar-refractivity contribution in [3.63, 3.8) is 0 Å². The fourth-order valence-corrected chi connectivity index (χ4v) is 4.75. The molecule has 0 atom stereocenters. The number of aliphatic carboxylic acids is 1. The summed E-state index contributed by atoms with van der Waals surface area (Å²) in [7, 11) is 0. The van der Waals surface area contributed by atoms with Gasteiger partial charge in [-0.25, -0.2) is 9.78 Å². The number of thiophene rings is 1. The number of aromatic nitrogens is 1. The van der Waals surface area contributed by atoms with Crippen LogP contribution in [0, 0.1) is 0 Å². The SMILES string of the molecule is CC(C)(NC(=O)c1sc2ccccc2c1OCc1nc2ccccc2s1)C(=O)O. The molecule has 0 saturated heterocycles. The first-order valence-electron chi connectivity index (χ1n) is 8.90. The minimum Gasteiger partial charge on any atom is -0.484 e. The summed E-state index contributed by atoms with van der Waals surface area (Å²) in [6, 6.07) is 15.4. The van der Waals surface area contributed by atoms with Crippen LogP contribution in [-0.4, -0.2) is 27.5 Å². The van der Waals surface area contributed by atoms with Gasteiger partial charge < -0.3 is 15.2 Å². The molecule has 2 aromatic carbocycles. The van der Waals surface area contributed by atoms with Crippen LogP contribution in [0.25, 0.3) is 20.3 Å². The summed E-state index contributed by atoms with van der Waals surface area (Å²) >= 11 is 2.82. The van der Waals surface area contributed by atoms with Crippen LogP contribution in [0.2, 0.25) is 0 Å². The topological polar surface area (TPSA) is 88.5 Å². The first-order valence-corrected chi connectivity index (χ1v) is 10.5. The lowest BCUT2D eigenvalue weighted by molar-refractivity contribution is -0.143. The molecule has 0 radical (unpaired) electrons. The van der Waals surface area contributed by atoms with Gasteiger partial charge in [0.2, 0.25) is 0 Å². The van der Waals surface area contributed by atoms with Crippen molar-refractivity contribution in [2.24, 2.45) is 0 Å². The molecule has 0 aliphatic heterocycles. The van der Waals surface area contributed by atoms with E-state index in [0.717, 1.165) is 25.3 Å². The van der Waals surface area contributed by atoms with Gasteiger partial charge in [0.1, 0.15) is 22.0 Å². The van der Waals surface area contributed by atoms with Crippen LogP contribution in [0.4, 0.5) is 0 Å². The van der Waals surface area contributed by atoms with E-state index in [-0.39, 0.29) is 6.61 Å². The van der Waals surface area contributed by atoms with Gasteiger partial charge in [0.15, 0.2) is 5.75 Å². The molecule has 0 fully saturated rings. The Morgan fingerprint density at radius 3 is 2.48 bits per heavy atom. The largest absolute Gasteiger partial charge is 0.484 e. The van der Waals surface area contributed by atoms with Gasteiger partial charge in [-0.2, -0.15) is 0 Å². The maximum atomic E-state index is 12.9. The van der Waals surface area contributed by atoms with Gasteiger partial charge in [0.05, 0.1) is 10.2 Å². The molecule has 2 N–H and O–H groups in total. The van der Waals surface area contributed by atoms with Crippen molar-refractivity contribution >= 4 is 54.9 Å². The zero-order valence-corrected chi connectivity index (χ0v) is 17.4. The zero-order chi connectivity index (χ0) is 20.6. The van der Waals surface area contributed by atoms with E-state index in [9.17, 15) is 14.7 Å². The van der Waals surface area contributed by atoms with Crippen LogP contribution in [0.15, 0.2) is 48.5 Å². The molecule has 4 aromatic rings. The van der Waals surface area contributed by atoms with Gasteiger partial charge in [-0.1, -0.05) is 24.3 Å². The molecule has 0 bridgehead atoms. The summed E-state index contributed by atoms with van der Waals surface area (Å²) in [6.45, 7) is 3.12. The second-order valence-electron chi connectivity index (χ2n) is 7.00. The number of hydrogen-bond donors (Lipinski definition) is 2. The van der Waals surface area contributed by atoms with Gasteiger partial charge in [-0.3, -0.25) is 4.79 Å². The normalized spacial score (nSPS) is 11.7. The minimum absolute atomic E-state index is 0.225. The molecule has 0 aliphatic carbocycles. The van der Waals surface area contributed by atoms with Crippen LogP contribution in [-0.2, 0) is 11.4 Å². The maximum Gasteiger partial charge on any atom is 0.328 e. The number of rotatable bonds is 6. The van der Waals surface area contributed by atoms with E-state index in [0.29, 0.717) is 10.6 Å². The van der Waals surface area contributed by atoms with Crippen molar-refractivity contribution in [2.75, 3.05) is 0 Å². The fourth-order valence-electron chi connectivity index (χ4n) is 2.82. The van der Waals surface area contributed by atoms with E-state index in [2.05, 4.69) is 10.3 Å². The van der Waals surface area contributed by atoms with E-state index >= 15 is 0 Å². The Balaban J connectivity index is 1.66. The molecule has 6 nitrogen and oxygen atoms in total. The Morgan fingerprint density at radius 2 is 1.76 bits per heavy atom. The smallest absolute Gasteiger partial charge is 0.328 e. The first-order chi connectivity index (χ1) is 13.8. The number of carbonyl (C=O) groups excluding carboxylic acids is 1. The summed E-state index contributed by atoms with van der Waals surface area (Å²) in [5.74, 6) is -1.13. The van der Waals surface area contributed by atoms with Gasteiger partial charge >= 0.3 is 5.97 Å². The maximum absolute atomic E-state index is 12.9. The number of carboxylic acid groups (broad SMARTS) is 1. The van der Waals surface area contributed by atoms with Crippen LogP contribution in [0.5, 0.6) is 5.75 Å². The highest BCUT2D eigenvalue weighted by Crippen LogP contribution is 2.38. The van der Waals surface area contributed by atoms with Crippen LogP contribution >= 0.6 is 22.7 Å². The highest BCUT2D eigenvalue weighted by atomic mass is 32.1. The minimum atomic E-state index is -1.39. The summed E-state index contributed by atoms with van der Waals surface area (Å²) in [6.07, 6.45) is 0. The van der Waals surface area contributed by atoms with Crippen molar-refractivity contribution in [2.45, 2.75) is 26.0 Å². The number of benzene rings is 2. The number of nitrogens with one attached hydrogen (secondary N) is 1. The van der Waals surface area contributed by atoms with Crippen LogP contribution in [0.1, 0.15) is 28.5 Å². The third-order valence-electron chi connectivity index (χ3n) is 4.40. The van der Waals surface area contributed by atoms with Gasteiger partial charge in [-0.05, 0) is 38.1 Å². The van der Waals surface area contributed by atoms with Crippen molar-refractivity contribution in [1.29, 1.82) is 0 Å². The van der Waals surface area contributed by atoms with Gasteiger partial charge in [-0.15, -0.1) is 22.7 Å². The highest BCUT2D eigenvalue weighted by Gasteiger charge is 2.31. The number of carbonyl (C=O) groups is 2. The lowest BCUT2D eigenvalue weighted by Gasteiger charge is -2.20. The van der Waals surface area contributed by atoms with Crippen molar-refractivity contribution in [3.05, 3.63) is 58.4 Å². The summed E-state index contributed by atoms with van der Waals surface area (Å²) in [5.41, 5.74) is -0.482. The van der Waals surface area contributed by atoms with Crippen LogP contribution in [0.3, 0.4) is 0 Å². The van der Waals surface area contributed by atoms with Gasteiger partial charge in [0.25, 0.3) is 5.91 Å². The molecule has 148 valence electrons. The summed E-state index contributed by atoms with van der Waals surface area (Å²) in [4.78, 5) is 29.2. The molecule has 8 heteroatoms. The van der Waals surface area contributed by atoms with E-state index in [1.54, 1.807) is 11.3 Å². The molecule has 2 heterocycles. The molecular formula is C21H18N2O4S2. The number of ether oxygens (including phenoxy) is 1. The molecular weight excluding hydrogens is 408 g/mol.